The fraction of sp³-hybridized carbons (Fsp3) is 0.176. The summed E-state index contributed by atoms with van der Waals surface area (Å²) < 4.78 is 10.9. The molecule has 20 heavy (non-hydrogen) atoms. The molecule has 1 aromatic carbocycles. The van der Waals surface area contributed by atoms with Crippen molar-refractivity contribution in [3.8, 4) is 0 Å². The SMILES string of the molecule is c1ccc(CN(Cc2ccco2)Cc2ccco2)cc1. The lowest BCUT2D eigenvalue weighted by molar-refractivity contribution is 0.209. The number of hydrogen-bond donors (Lipinski definition) is 0. The molecule has 0 aliphatic heterocycles. The van der Waals surface area contributed by atoms with E-state index in [0.29, 0.717) is 0 Å². The summed E-state index contributed by atoms with van der Waals surface area (Å²) >= 11 is 0. The summed E-state index contributed by atoms with van der Waals surface area (Å²) in [5.41, 5.74) is 1.28. The zero-order valence-electron chi connectivity index (χ0n) is 11.2. The van der Waals surface area contributed by atoms with Crippen LogP contribution in [0.1, 0.15) is 17.1 Å². The van der Waals surface area contributed by atoms with Gasteiger partial charge in [-0.15, -0.1) is 0 Å². The fourth-order valence-electron chi connectivity index (χ4n) is 2.26. The predicted octanol–water partition coefficient (Wildman–Crippen LogP) is 4.08. The topological polar surface area (TPSA) is 29.5 Å². The van der Waals surface area contributed by atoms with Crippen LogP contribution in [-0.2, 0) is 19.6 Å². The Morgan fingerprint density at radius 2 is 1.25 bits per heavy atom. The van der Waals surface area contributed by atoms with E-state index in [1.165, 1.54) is 5.56 Å². The Hall–Kier alpha value is -2.26. The molecule has 102 valence electrons. The van der Waals surface area contributed by atoms with E-state index in [9.17, 15) is 0 Å². The van der Waals surface area contributed by atoms with E-state index >= 15 is 0 Å². The van der Waals surface area contributed by atoms with Gasteiger partial charge in [-0.2, -0.15) is 0 Å². The molecule has 3 nitrogen and oxygen atoms in total. The number of nitrogens with zero attached hydrogens (tertiary/aromatic N) is 1. The van der Waals surface area contributed by atoms with Crippen LogP contribution in [0.2, 0.25) is 0 Å². The third-order valence-corrected chi connectivity index (χ3v) is 3.17. The summed E-state index contributed by atoms with van der Waals surface area (Å²) in [5, 5.41) is 0. The standard InChI is InChI=1S/C17H17NO2/c1-2-6-15(7-3-1)12-18(13-16-8-4-10-19-16)14-17-9-5-11-20-17/h1-11H,12-14H2. The molecule has 0 bridgehead atoms. The molecule has 3 heteroatoms. The van der Waals surface area contributed by atoms with E-state index in [0.717, 1.165) is 31.2 Å². The Morgan fingerprint density at radius 1 is 0.650 bits per heavy atom. The maximum absolute atomic E-state index is 5.45. The second kappa shape index (κ2) is 6.26. The highest BCUT2D eigenvalue weighted by Gasteiger charge is 2.11. The van der Waals surface area contributed by atoms with Gasteiger partial charge in [0.05, 0.1) is 25.6 Å². The molecule has 0 aliphatic rings. The molecule has 0 saturated carbocycles. The Labute approximate surface area is 118 Å². The lowest BCUT2D eigenvalue weighted by Gasteiger charge is -2.20. The first-order valence-corrected chi connectivity index (χ1v) is 6.71. The molecule has 0 amide bonds. The van der Waals surface area contributed by atoms with E-state index in [1.807, 2.05) is 30.3 Å². The average molecular weight is 267 g/mol. The highest BCUT2D eigenvalue weighted by Crippen LogP contribution is 2.14. The van der Waals surface area contributed by atoms with E-state index in [4.69, 9.17) is 8.83 Å². The smallest absolute Gasteiger partial charge is 0.117 e. The Morgan fingerprint density at radius 3 is 1.75 bits per heavy atom. The van der Waals surface area contributed by atoms with Crippen molar-refractivity contribution in [3.05, 3.63) is 84.2 Å². The third kappa shape index (κ3) is 3.39. The molecule has 0 spiro atoms. The number of benzene rings is 1. The van der Waals surface area contributed by atoms with Crippen LogP contribution in [0.15, 0.2) is 76.0 Å². The van der Waals surface area contributed by atoms with Gasteiger partial charge in [0.15, 0.2) is 0 Å². The van der Waals surface area contributed by atoms with Crippen LogP contribution in [0.3, 0.4) is 0 Å². The molecule has 3 aromatic rings. The first-order valence-electron chi connectivity index (χ1n) is 6.71. The number of rotatable bonds is 6. The number of furan rings is 2. The van der Waals surface area contributed by atoms with Crippen molar-refractivity contribution >= 4 is 0 Å². The Bertz CT molecular complexity index is 564. The summed E-state index contributed by atoms with van der Waals surface area (Å²) in [6, 6.07) is 18.3. The summed E-state index contributed by atoms with van der Waals surface area (Å²) in [6.07, 6.45) is 3.42. The zero-order chi connectivity index (χ0) is 13.6. The van der Waals surface area contributed by atoms with Gasteiger partial charge in [-0.25, -0.2) is 0 Å². The van der Waals surface area contributed by atoms with Crippen LogP contribution in [0, 0.1) is 0 Å². The van der Waals surface area contributed by atoms with E-state index in [1.54, 1.807) is 12.5 Å². The van der Waals surface area contributed by atoms with Gasteiger partial charge in [-0.05, 0) is 29.8 Å². The minimum Gasteiger partial charge on any atom is -0.468 e. The fourth-order valence-corrected chi connectivity index (χ4v) is 2.26. The van der Waals surface area contributed by atoms with Crippen molar-refractivity contribution < 1.29 is 8.83 Å². The van der Waals surface area contributed by atoms with Crippen LogP contribution in [-0.4, -0.2) is 4.90 Å². The molecule has 0 atom stereocenters. The van der Waals surface area contributed by atoms with Crippen molar-refractivity contribution in [1.82, 2.24) is 4.90 Å². The van der Waals surface area contributed by atoms with Crippen molar-refractivity contribution in [1.29, 1.82) is 0 Å². The van der Waals surface area contributed by atoms with Crippen molar-refractivity contribution in [2.45, 2.75) is 19.6 Å². The first kappa shape index (κ1) is 12.8. The third-order valence-electron chi connectivity index (χ3n) is 3.17. The average Bonchev–Trinajstić information content (AvgIpc) is 3.13. The molecule has 0 unspecified atom stereocenters. The van der Waals surface area contributed by atoms with Crippen molar-refractivity contribution in [2.75, 3.05) is 0 Å². The largest absolute Gasteiger partial charge is 0.468 e. The highest BCUT2D eigenvalue weighted by atomic mass is 16.3. The summed E-state index contributed by atoms with van der Waals surface area (Å²) in [4.78, 5) is 2.30. The predicted molar refractivity (Wildman–Crippen MR) is 76.8 cm³/mol. The first-order chi connectivity index (χ1) is 9.90. The Balaban J connectivity index is 1.72. The summed E-state index contributed by atoms with van der Waals surface area (Å²) in [7, 11) is 0. The van der Waals surface area contributed by atoms with Crippen LogP contribution < -0.4 is 0 Å². The molecular weight excluding hydrogens is 250 g/mol. The van der Waals surface area contributed by atoms with E-state index in [2.05, 4.69) is 29.2 Å². The molecule has 2 heterocycles. The van der Waals surface area contributed by atoms with Crippen LogP contribution in [0.5, 0.6) is 0 Å². The molecule has 3 rings (SSSR count). The van der Waals surface area contributed by atoms with Gasteiger partial charge in [0.1, 0.15) is 11.5 Å². The number of hydrogen-bond acceptors (Lipinski definition) is 3. The van der Waals surface area contributed by atoms with Gasteiger partial charge >= 0.3 is 0 Å². The van der Waals surface area contributed by atoms with Crippen molar-refractivity contribution in [2.24, 2.45) is 0 Å². The van der Waals surface area contributed by atoms with E-state index in [-0.39, 0.29) is 0 Å². The molecule has 0 fully saturated rings. The maximum Gasteiger partial charge on any atom is 0.117 e. The van der Waals surface area contributed by atoms with Gasteiger partial charge in [-0.1, -0.05) is 30.3 Å². The monoisotopic (exact) mass is 267 g/mol. The maximum atomic E-state index is 5.45. The summed E-state index contributed by atoms with van der Waals surface area (Å²) in [6.45, 7) is 2.40. The van der Waals surface area contributed by atoms with Gasteiger partial charge in [0.25, 0.3) is 0 Å². The molecule has 0 radical (unpaired) electrons. The minimum absolute atomic E-state index is 0.766. The van der Waals surface area contributed by atoms with Crippen molar-refractivity contribution in [3.63, 3.8) is 0 Å². The Kier molecular flexibility index (Phi) is 3.99. The van der Waals surface area contributed by atoms with Gasteiger partial charge in [0.2, 0.25) is 0 Å². The summed E-state index contributed by atoms with van der Waals surface area (Å²) in [5.74, 6) is 1.93. The van der Waals surface area contributed by atoms with Crippen LogP contribution in [0.4, 0.5) is 0 Å². The van der Waals surface area contributed by atoms with Gasteiger partial charge < -0.3 is 8.83 Å². The van der Waals surface area contributed by atoms with Gasteiger partial charge in [-0.3, -0.25) is 4.90 Å². The van der Waals surface area contributed by atoms with Gasteiger partial charge in [0, 0.05) is 6.54 Å². The lowest BCUT2D eigenvalue weighted by Crippen LogP contribution is -2.21. The highest BCUT2D eigenvalue weighted by molar-refractivity contribution is 5.15. The second-order valence-corrected chi connectivity index (χ2v) is 4.79. The lowest BCUT2D eigenvalue weighted by atomic mass is 10.2. The molecule has 0 saturated heterocycles. The van der Waals surface area contributed by atoms with Crippen LogP contribution in [0.25, 0.3) is 0 Å². The zero-order valence-corrected chi connectivity index (χ0v) is 11.2. The second-order valence-electron chi connectivity index (χ2n) is 4.79. The van der Waals surface area contributed by atoms with Crippen LogP contribution >= 0.6 is 0 Å². The minimum atomic E-state index is 0.766. The molecule has 2 aromatic heterocycles. The molecular formula is C17H17NO2. The quantitative estimate of drug-likeness (QED) is 0.674. The molecule has 0 aliphatic carbocycles. The normalized spacial score (nSPS) is 11.1. The van der Waals surface area contributed by atoms with E-state index < -0.39 is 0 Å². The molecule has 0 N–H and O–H groups in total.